The van der Waals surface area contributed by atoms with Crippen LogP contribution in [0.1, 0.15) is 0 Å². The van der Waals surface area contributed by atoms with Crippen molar-refractivity contribution < 1.29 is 74.4 Å². The van der Waals surface area contributed by atoms with E-state index >= 15 is 0 Å². The van der Waals surface area contributed by atoms with E-state index in [0.29, 0.717) is 0 Å². The van der Waals surface area contributed by atoms with Crippen molar-refractivity contribution in [2.75, 3.05) is 0 Å². The van der Waals surface area contributed by atoms with Crippen molar-refractivity contribution >= 4 is 16.1 Å². The molecule has 0 saturated carbocycles. The van der Waals surface area contributed by atoms with Gasteiger partial charge in [0.2, 0.25) is 0 Å². The fraction of sp³-hybridized carbons (Fsp3) is 0. The minimum atomic E-state index is -4.64. The summed E-state index contributed by atoms with van der Waals surface area (Å²) < 4.78 is 17.6. The molecule has 0 aliphatic rings. The smallest absolute Gasteiger partial charge is 0.326 e. The summed E-state index contributed by atoms with van der Waals surface area (Å²) in [6.07, 6.45) is 0. The van der Waals surface area contributed by atoms with Crippen molar-refractivity contribution in [2.24, 2.45) is 0 Å². The largest absolute Gasteiger partial charge is 0.466 e. The van der Waals surface area contributed by atoms with Crippen LogP contribution in [0.15, 0.2) is 0 Å². The Hall–Kier alpha value is 1.61. The van der Waals surface area contributed by atoms with E-state index in [0.717, 1.165) is 0 Å². The maximum absolute atomic E-state index is 8.88. The molecule has 0 fully saturated rings. The Morgan fingerprint density at radius 3 is 1.10 bits per heavy atom. The molecule has 0 bridgehead atoms. The van der Waals surface area contributed by atoms with E-state index in [2.05, 4.69) is 0 Å². The summed E-state index contributed by atoms with van der Waals surface area (Å²) in [6, 6.07) is 0. The second-order valence-corrected chi connectivity index (χ2v) is 2.39. The van der Waals surface area contributed by atoms with Crippen molar-refractivity contribution in [1.29, 1.82) is 0 Å². The van der Waals surface area contributed by atoms with Gasteiger partial charge in [0, 0.05) is 40.8 Å². The van der Waals surface area contributed by atoms with E-state index < -0.39 is 16.1 Å². The van der Waals surface area contributed by atoms with E-state index in [-0.39, 0.29) is 40.8 Å². The summed E-state index contributed by atoms with van der Waals surface area (Å²) in [5.41, 5.74) is 0. The van der Waals surface area contributed by atoms with E-state index in [4.69, 9.17) is 33.6 Å². The first kappa shape index (κ1) is 17.6. The Balaban J connectivity index is -0.0000000910. The molecule has 0 radical (unpaired) electrons. The van der Waals surface area contributed by atoms with Gasteiger partial charge >= 0.3 is 16.1 Å². The third kappa shape index (κ3) is 275. The predicted molar refractivity (Wildman–Crippen MR) is 27.7 cm³/mol. The summed E-state index contributed by atoms with van der Waals surface area (Å²) in [6.45, 7) is 0. The molecule has 10 heteroatoms. The van der Waals surface area contributed by atoms with Gasteiger partial charge in [0.05, 0.1) is 0 Å². The van der Waals surface area contributed by atoms with Crippen molar-refractivity contribution in [3.05, 3.63) is 0 Å². The average molecular weight is 324 g/mol. The quantitative estimate of drug-likeness (QED) is 0.340. The molecule has 0 saturated heterocycles. The summed E-state index contributed by atoms with van der Waals surface area (Å²) in [7, 11) is -7.77. The second kappa shape index (κ2) is 8.70. The molecule has 0 rings (SSSR count). The van der Waals surface area contributed by atoms with Crippen LogP contribution < -0.4 is 0 Å². The molecule has 0 aromatic carbocycles. The summed E-state index contributed by atoms with van der Waals surface area (Å²) in [5.74, 6) is 0. The van der Waals surface area contributed by atoms with Gasteiger partial charge in [-0.1, -0.05) is 0 Å². The predicted octanol–water partition coefficient (Wildman–Crippen LogP) is -1.57. The van der Waals surface area contributed by atoms with Crippen LogP contribution in [-0.2, 0) is 9.13 Å². The molecule has 0 atom stereocenters. The molecule has 0 unspecified atom stereocenters. The third-order valence-corrected chi connectivity index (χ3v) is 0. The molecular formula is H6NdO7P2. The van der Waals surface area contributed by atoms with Gasteiger partial charge in [-0.25, -0.2) is 4.57 Å². The van der Waals surface area contributed by atoms with Crippen LogP contribution in [-0.4, -0.2) is 24.5 Å². The van der Waals surface area contributed by atoms with Crippen molar-refractivity contribution in [1.82, 2.24) is 0 Å². The Morgan fingerprint density at radius 1 is 1.10 bits per heavy atom. The summed E-state index contributed by atoms with van der Waals surface area (Å²) in [4.78, 5) is 35.9. The molecule has 0 spiro atoms. The van der Waals surface area contributed by atoms with Gasteiger partial charge in [0.25, 0.3) is 0 Å². The Morgan fingerprint density at radius 2 is 1.10 bits per heavy atom. The van der Waals surface area contributed by atoms with Gasteiger partial charge in [0.15, 0.2) is 0 Å². The molecule has 7 nitrogen and oxygen atoms in total. The molecule has 0 heterocycles. The molecular weight excluding hydrogens is 318 g/mol. The molecule has 10 heavy (non-hydrogen) atoms. The zero-order valence-electron chi connectivity index (χ0n) is 4.50. The summed E-state index contributed by atoms with van der Waals surface area (Å²) in [5, 5.41) is 0. The third-order valence-electron chi connectivity index (χ3n) is 0. The van der Waals surface area contributed by atoms with Gasteiger partial charge in [-0.15, -0.1) is 0 Å². The first-order chi connectivity index (χ1) is 3.73. The normalized spacial score (nSPS) is 9.40. The van der Waals surface area contributed by atoms with E-state index in [1.807, 2.05) is 0 Å². The van der Waals surface area contributed by atoms with Crippen molar-refractivity contribution in [3.8, 4) is 0 Å². The monoisotopic (exact) mass is 322 g/mol. The molecule has 0 amide bonds. The van der Waals surface area contributed by atoms with Crippen LogP contribution in [0.3, 0.4) is 0 Å². The zero-order valence-corrected chi connectivity index (χ0v) is 9.60. The molecule has 0 aliphatic heterocycles. The SMILES string of the molecule is O=P(O)(O)O.O=[PH](O)O.[Nd]. The van der Waals surface area contributed by atoms with E-state index in [1.165, 1.54) is 0 Å². The Labute approximate surface area is 89.8 Å². The number of rotatable bonds is 0. The number of hydrogen-bond donors (Lipinski definition) is 5. The molecule has 62 valence electrons. The minimum absolute atomic E-state index is 0. The zero-order chi connectivity index (χ0) is 8.08. The van der Waals surface area contributed by atoms with Crippen LogP contribution in [0.4, 0.5) is 0 Å². The van der Waals surface area contributed by atoms with Crippen LogP contribution in [0.5, 0.6) is 0 Å². The van der Waals surface area contributed by atoms with Crippen LogP contribution in [0, 0.1) is 40.8 Å². The summed E-state index contributed by atoms with van der Waals surface area (Å²) >= 11 is 0. The van der Waals surface area contributed by atoms with Crippen molar-refractivity contribution in [3.63, 3.8) is 0 Å². The van der Waals surface area contributed by atoms with Gasteiger partial charge in [-0.2, -0.15) is 0 Å². The maximum atomic E-state index is 8.88. The van der Waals surface area contributed by atoms with E-state index in [9.17, 15) is 0 Å². The topological polar surface area (TPSA) is 135 Å². The fourth-order valence-corrected chi connectivity index (χ4v) is 0. The van der Waals surface area contributed by atoms with Crippen LogP contribution >= 0.6 is 16.1 Å². The Kier molecular flexibility index (Phi) is 15.3. The standard InChI is InChI=1S/Nd.H3O4P.H3O3P/c;1-5(2,3)4;1-4(2)3/h;(H3,1,2,3,4);4H,(H2,1,2,3). The first-order valence-corrected chi connectivity index (χ1v) is 4.30. The second-order valence-electron chi connectivity index (χ2n) is 0.796. The maximum Gasteiger partial charge on any atom is 0.466 e. The average Bonchev–Trinajstić information content (AvgIpc) is 1.19. The molecule has 0 aromatic rings. The molecule has 5 N–H and O–H groups in total. The van der Waals surface area contributed by atoms with Gasteiger partial charge in [-0.05, 0) is 0 Å². The molecule has 0 aromatic heterocycles. The fourth-order valence-electron chi connectivity index (χ4n) is 0. The van der Waals surface area contributed by atoms with E-state index in [1.54, 1.807) is 0 Å². The van der Waals surface area contributed by atoms with Gasteiger partial charge in [0.1, 0.15) is 0 Å². The van der Waals surface area contributed by atoms with Gasteiger partial charge < -0.3 is 24.5 Å². The van der Waals surface area contributed by atoms with Crippen LogP contribution in [0.2, 0.25) is 0 Å². The number of phosphoric acid groups is 1. The Bertz CT molecular complexity index is 111. The van der Waals surface area contributed by atoms with Crippen molar-refractivity contribution in [2.45, 2.75) is 0 Å². The van der Waals surface area contributed by atoms with Gasteiger partial charge in [-0.3, -0.25) is 4.57 Å². The minimum Gasteiger partial charge on any atom is -0.326 e. The number of hydrogen-bond acceptors (Lipinski definition) is 2. The molecule has 0 aliphatic carbocycles. The first-order valence-electron chi connectivity index (χ1n) is 1.43. The van der Waals surface area contributed by atoms with Crippen LogP contribution in [0.25, 0.3) is 0 Å².